The number of hydrogen-bond acceptors (Lipinski definition) is 2. The smallest absolute Gasteiger partial charge is 0.267 e. The van der Waals surface area contributed by atoms with Crippen LogP contribution >= 0.6 is 27.5 Å². The molecular formula is C6H4BrClN2O. The molecule has 0 spiro atoms. The van der Waals surface area contributed by atoms with Gasteiger partial charge in [0, 0.05) is 4.47 Å². The molecule has 0 unspecified atom stereocenters. The van der Waals surface area contributed by atoms with Crippen LogP contribution in [0.3, 0.4) is 0 Å². The number of pyridine rings is 1. The van der Waals surface area contributed by atoms with Crippen LogP contribution in [0.25, 0.3) is 0 Å². The van der Waals surface area contributed by atoms with Crippen molar-refractivity contribution in [3.8, 4) is 0 Å². The van der Waals surface area contributed by atoms with Gasteiger partial charge in [-0.2, -0.15) is 0 Å². The Labute approximate surface area is 76.7 Å². The third kappa shape index (κ3) is 2.17. The van der Waals surface area contributed by atoms with Crippen LogP contribution in [0.2, 0.25) is 5.15 Å². The molecule has 0 aromatic carbocycles. The maximum absolute atomic E-state index is 10.6. The van der Waals surface area contributed by atoms with Gasteiger partial charge in [-0.3, -0.25) is 4.79 Å². The zero-order valence-electron chi connectivity index (χ0n) is 5.34. The molecule has 11 heavy (non-hydrogen) atoms. The van der Waals surface area contributed by atoms with Gasteiger partial charge in [0.2, 0.25) is 0 Å². The molecule has 1 aromatic rings. The zero-order chi connectivity index (χ0) is 8.43. The number of halogens is 2. The van der Waals surface area contributed by atoms with E-state index in [1.165, 1.54) is 6.07 Å². The van der Waals surface area contributed by atoms with Gasteiger partial charge >= 0.3 is 0 Å². The first-order valence-corrected chi connectivity index (χ1v) is 3.89. The van der Waals surface area contributed by atoms with Crippen LogP contribution in [0.15, 0.2) is 16.6 Å². The van der Waals surface area contributed by atoms with Gasteiger partial charge in [-0.1, -0.05) is 27.5 Å². The Morgan fingerprint density at radius 1 is 1.64 bits per heavy atom. The van der Waals surface area contributed by atoms with Crippen molar-refractivity contribution in [2.24, 2.45) is 5.73 Å². The average Bonchev–Trinajstić information content (AvgIpc) is 1.85. The molecule has 2 N–H and O–H groups in total. The van der Waals surface area contributed by atoms with E-state index in [1.54, 1.807) is 6.07 Å². The Morgan fingerprint density at radius 2 is 2.27 bits per heavy atom. The van der Waals surface area contributed by atoms with E-state index in [9.17, 15) is 4.79 Å². The molecule has 1 heterocycles. The standard InChI is InChI=1S/C6H4BrClN2O/c7-3-1-4(6(9)11)10-5(8)2-3/h1-2H,(H2,9,11). The van der Waals surface area contributed by atoms with Gasteiger partial charge < -0.3 is 5.73 Å². The van der Waals surface area contributed by atoms with E-state index in [0.29, 0.717) is 4.47 Å². The summed E-state index contributed by atoms with van der Waals surface area (Å²) in [4.78, 5) is 14.3. The van der Waals surface area contributed by atoms with Gasteiger partial charge in [-0.15, -0.1) is 0 Å². The predicted octanol–water partition coefficient (Wildman–Crippen LogP) is 1.60. The molecule has 0 aliphatic heterocycles. The molecule has 0 radical (unpaired) electrons. The number of nitrogens with two attached hydrogens (primary N) is 1. The summed E-state index contributed by atoms with van der Waals surface area (Å²) in [6.45, 7) is 0. The molecule has 0 aliphatic carbocycles. The second-order valence-corrected chi connectivity index (χ2v) is 3.16. The third-order valence-corrected chi connectivity index (χ3v) is 1.66. The highest BCUT2D eigenvalue weighted by atomic mass is 79.9. The minimum absolute atomic E-state index is 0.157. The zero-order valence-corrected chi connectivity index (χ0v) is 7.69. The van der Waals surface area contributed by atoms with Gasteiger partial charge in [0.15, 0.2) is 0 Å². The SMILES string of the molecule is NC(=O)c1cc(Br)cc(Cl)n1. The lowest BCUT2D eigenvalue weighted by Crippen LogP contribution is -2.12. The fraction of sp³-hybridized carbons (Fsp3) is 0. The molecule has 3 nitrogen and oxygen atoms in total. The lowest BCUT2D eigenvalue weighted by atomic mass is 10.3. The van der Waals surface area contributed by atoms with Crippen LogP contribution < -0.4 is 5.73 Å². The van der Waals surface area contributed by atoms with Crippen LogP contribution in [0.5, 0.6) is 0 Å². The van der Waals surface area contributed by atoms with Crippen LogP contribution in [0.1, 0.15) is 10.5 Å². The number of hydrogen-bond donors (Lipinski definition) is 1. The fourth-order valence-corrected chi connectivity index (χ4v) is 1.37. The van der Waals surface area contributed by atoms with E-state index < -0.39 is 5.91 Å². The van der Waals surface area contributed by atoms with Crippen molar-refractivity contribution in [2.45, 2.75) is 0 Å². The van der Waals surface area contributed by atoms with Gasteiger partial charge in [-0.05, 0) is 12.1 Å². The van der Waals surface area contributed by atoms with Crippen LogP contribution in [-0.4, -0.2) is 10.9 Å². The fourth-order valence-electron chi connectivity index (χ4n) is 0.592. The first-order chi connectivity index (χ1) is 5.09. The average molecular weight is 235 g/mol. The van der Waals surface area contributed by atoms with Crippen molar-refractivity contribution in [1.29, 1.82) is 0 Å². The Bertz CT molecular complexity index is 282. The van der Waals surface area contributed by atoms with E-state index in [2.05, 4.69) is 20.9 Å². The van der Waals surface area contributed by atoms with Crippen molar-refractivity contribution in [2.75, 3.05) is 0 Å². The van der Waals surface area contributed by atoms with E-state index in [1.807, 2.05) is 0 Å². The molecule has 5 heteroatoms. The summed E-state index contributed by atoms with van der Waals surface area (Å²) in [6, 6.07) is 3.09. The van der Waals surface area contributed by atoms with Crippen molar-refractivity contribution < 1.29 is 4.79 Å². The number of amides is 1. The van der Waals surface area contributed by atoms with Gasteiger partial charge in [0.1, 0.15) is 10.8 Å². The van der Waals surface area contributed by atoms with Crippen molar-refractivity contribution in [3.63, 3.8) is 0 Å². The molecule has 58 valence electrons. The molecule has 1 rings (SSSR count). The highest BCUT2D eigenvalue weighted by Crippen LogP contribution is 2.15. The molecule has 0 saturated heterocycles. The summed E-state index contributed by atoms with van der Waals surface area (Å²) >= 11 is 8.69. The summed E-state index contributed by atoms with van der Waals surface area (Å²) in [6.07, 6.45) is 0. The number of carbonyl (C=O) groups is 1. The minimum Gasteiger partial charge on any atom is -0.364 e. The number of carbonyl (C=O) groups excluding carboxylic acids is 1. The van der Waals surface area contributed by atoms with Gasteiger partial charge in [-0.25, -0.2) is 4.98 Å². The molecule has 1 amide bonds. The lowest BCUT2D eigenvalue weighted by Gasteiger charge is -1.95. The summed E-state index contributed by atoms with van der Waals surface area (Å²) in [7, 11) is 0. The van der Waals surface area contributed by atoms with Crippen LogP contribution in [-0.2, 0) is 0 Å². The predicted molar refractivity (Wildman–Crippen MR) is 45.5 cm³/mol. The Balaban J connectivity index is 3.19. The second-order valence-electron chi connectivity index (χ2n) is 1.86. The maximum Gasteiger partial charge on any atom is 0.267 e. The quantitative estimate of drug-likeness (QED) is 0.752. The number of primary amides is 1. The monoisotopic (exact) mass is 234 g/mol. The van der Waals surface area contributed by atoms with Crippen LogP contribution in [0.4, 0.5) is 0 Å². The topological polar surface area (TPSA) is 56.0 Å². The van der Waals surface area contributed by atoms with Gasteiger partial charge in [0.05, 0.1) is 0 Å². The molecule has 0 bridgehead atoms. The Morgan fingerprint density at radius 3 is 2.73 bits per heavy atom. The normalized spacial score (nSPS) is 9.64. The van der Waals surface area contributed by atoms with Crippen molar-refractivity contribution in [3.05, 3.63) is 27.5 Å². The van der Waals surface area contributed by atoms with Gasteiger partial charge in [0.25, 0.3) is 5.91 Å². The van der Waals surface area contributed by atoms with E-state index in [4.69, 9.17) is 17.3 Å². The highest BCUT2D eigenvalue weighted by Gasteiger charge is 2.03. The minimum atomic E-state index is -0.590. The Kier molecular flexibility index (Phi) is 2.46. The van der Waals surface area contributed by atoms with E-state index in [-0.39, 0.29) is 10.8 Å². The summed E-state index contributed by atoms with van der Waals surface area (Å²) < 4.78 is 0.686. The largest absolute Gasteiger partial charge is 0.364 e. The molecule has 0 saturated carbocycles. The third-order valence-electron chi connectivity index (χ3n) is 1.01. The maximum atomic E-state index is 10.6. The molecule has 0 atom stereocenters. The summed E-state index contributed by atoms with van der Waals surface area (Å²) in [5, 5.41) is 0.244. The molecular weight excluding hydrogens is 231 g/mol. The number of aromatic nitrogens is 1. The van der Waals surface area contributed by atoms with E-state index >= 15 is 0 Å². The second kappa shape index (κ2) is 3.19. The number of nitrogens with zero attached hydrogens (tertiary/aromatic N) is 1. The summed E-state index contributed by atoms with van der Waals surface area (Å²) in [5.41, 5.74) is 5.13. The Hall–Kier alpha value is -0.610. The molecule has 1 aromatic heterocycles. The summed E-state index contributed by atoms with van der Waals surface area (Å²) in [5.74, 6) is -0.590. The highest BCUT2D eigenvalue weighted by molar-refractivity contribution is 9.10. The van der Waals surface area contributed by atoms with Crippen molar-refractivity contribution in [1.82, 2.24) is 4.98 Å². The molecule has 0 fully saturated rings. The lowest BCUT2D eigenvalue weighted by molar-refractivity contribution is 0.0995. The molecule has 0 aliphatic rings. The van der Waals surface area contributed by atoms with Crippen LogP contribution in [0, 0.1) is 0 Å². The van der Waals surface area contributed by atoms with Crippen molar-refractivity contribution >= 4 is 33.4 Å². The van der Waals surface area contributed by atoms with E-state index in [0.717, 1.165) is 0 Å². The number of rotatable bonds is 1. The first-order valence-electron chi connectivity index (χ1n) is 2.72. The first kappa shape index (κ1) is 8.49.